The number of urea groups is 2. The molecule has 10 amide bonds. The van der Waals surface area contributed by atoms with Crippen molar-refractivity contribution in [1.29, 1.82) is 0 Å². The molecule has 0 aromatic rings. The number of aliphatic hydroxyl groups is 22. The number of hydrazine groups is 2. The molecular weight excluding hydrogens is 1930 g/mol. The average Bonchev–Trinajstić information content (AvgIpc) is 0.761. The van der Waals surface area contributed by atoms with Gasteiger partial charge in [-0.1, -0.05) is 13.8 Å². The fraction of sp³-hybridized carbons (Fsp3) is 0.868. The normalized spacial score (nSPS) is 44.2. The number of hydrogen-bond acceptors (Lipinski definition) is 52. The molecule has 10 rings (SSSR count). The van der Waals surface area contributed by atoms with Crippen LogP contribution in [-0.4, -0.2) is 520 Å². The summed E-state index contributed by atoms with van der Waals surface area (Å²) in [6, 6.07) is -9.94. The quantitative estimate of drug-likeness (QED) is 0.0165. The summed E-state index contributed by atoms with van der Waals surface area (Å²) in [6.07, 6.45) is -88.6. The fourth-order valence-electron chi connectivity index (χ4n) is 17.5. The first-order valence-electron chi connectivity index (χ1n) is 43.3. The summed E-state index contributed by atoms with van der Waals surface area (Å²) < 4.78 is 104. The third-order valence-corrected chi connectivity index (χ3v) is 24.9. The largest absolute Gasteiger partial charge is 1.00 e. The number of amides is 10. The van der Waals surface area contributed by atoms with E-state index in [0.29, 0.717) is 0 Å². The van der Waals surface area contributed by atoms with Crippen LogP contribution in [0.2, 0.25) is 0 Å². The van der Waals surface area contributed by atoms with Gasteiger partial charge in [-0.25, -0.2) is 20.4 Å². The maximum absolute atomic E-state index is 14.7. The molecule has 0 radical (unpaired) electrons. The minimum atomic E-state index is -2.56. The van der Waals surface area contributed by atoms with Crippen LogP contribution in [0, 0.1) is 17.8 Å². The van der Waals surface area contributed by atoms with Crippen LogP contribution >= 0.6 is 0 Å². The second-order valence-corrected chi connectivity index (χ2v) is 34.1. The van der Waals surface area contributed by atoms with Gasteiger partial charge in [0.2, 0.25) is 23.6 Å². The van der Waals surface area contributed by atoms with E-state index in [2.05, 4.69) is 31.9 Å². The Bertz CT molecular complexity index is 3980. The Kier molecular flexibility index (Phi) is 47.1. The number of carbonyl (C=O) groups is 9. The van der Waals surface area contributed by atoms with E-state index in [4.69, 9.17) is 85.3 Å². The summed E-state index contributed by atoms with van der Waals surface area (Å²) in [6.45, 7) is 0.684. The fourth-order valence-corrected chi connectivity index (χ4v) is 17.5. The number of carbonyl (C=O) groups excluding carboxylic acids is 10. The monoisotopic (exact) mass is 2050 g/mol. The molecule has 0 spiro atoms. The van der Waals surface area contributed by atoms with Gasteiger partial charge in [0.15, 0.2) is 68.8 Å². The van der Waals surface area contributed by atoms with Crippen LogP contribution in [0.25, 0.3) is 0 Å². The molecule has 9 heterocycles. The van der Waals surface area contributed by atoms with E-state index >= 15 is 0 Å². The molecule has 0 aromatic heterocycles. The van der Waals surface area contributed by atoms with Crippen LogP contribution in [0.3, 0.4) is 0 Å². The van der Waals surface area contributed by atoms with E-state index in [0.717, 1.165) is 41.9 Å². The molecule has 10 fully saturated rings. The first-order chi connectivity index (χ1) is 64.7. The van der Waals surface area contributed by atoms with Crippen molar-refractivity contribution in [3.63, 3.8) is 0 Å². The molecule has 792 valence electrons. The minimum Gasteiger partial charge on any atom is -0.870 e. The van der Waals surface area contributed by atoms with E-state index in [1.165, 1.54) is 13.8 Å². The van der Waals surface area contributed by atoms with E-state index in [1.807, 2.05) is 21.7 Å². The van der Waals surface area contributed by atoms with Gasteiger partial charge in [0.05, 0.1) is 50.7 Å². The molecule has 140 heavy (non-hydrogen) atoms. The minimum absolute atomic E-state index is 0. The zero-order chi connectivity index (χ0) is 101. The van der Waals surface area contributed by atoms with Crippen LogP contribution in [0.15, 0.2) is 0 Å². The molecule has 0 aromatic carbocycles. The van der Waals surface area contributed by atoms with Gasteiger partial charge in [0, 0.05) is 60.9 Å². The van der Waals surface area contributed by atoms with Crippen molar-refractivity contribution < 1.29 is 315 Å². The van der Waals surface area contributed by atoms with Crippen molar-refractivity contribution in [2.24, 2.45) is 17.8 Å². The van der Waals surface area contributed by atoms with E-state index < -0.39 is 399 Å². The van der Waals surface area contributed by atoms with Crippen molar-refractivity contribution in [2.45, 2.75) is 343 Å². The standard InChI is InChI=1S/C76H123N10O51.2Na.H2O/c1-9-24-37(97)49(109)72(129-54(24)65(116)117)132-58-35(82-22(6)95)69(128-31(17-91)44(58)104)134-60-48(108)53(113)74(131-57-33(80-20(4)93)67(121-8)126-29(15-89)43(57)103)136-62(60)64(115)84-86-76(119)78-12-27-40(100)46(106)51(111)71(124-27)137-70-50(110)45(105)39(99)26(123-70)11-77-75(118)85-83-63(114)61-59(47(107)52(112)73(135-61)130-56-32(79-19(3)92)66(120-7)125-28(14-88)42(56)102)133-68-34(81-21(5)94)55(41(101)30(16-90)127-68)122-25-10-23(13-87)18(2)36(96)38(25)98;;;/h18,23-62,66-74,88-91,96-113H,9-12,14-17H2,1-8H3,(H,79,92)(H,80,93)(H,81,94)(H,82,95)(H,83,114)(H,84,115)(H,116,117)(H2,77,85,118)(H2,78,86,119);;;1H2/q-1;2*+1;/p-2/t18-,23?,24+,25-,26?,27?,28?,29?,30?,31?,32?,33?,34?,35?,36+,37+,38?,39-,40-,41-,42-,43-,44-,45+,46+,47-,48-,49?,50?,51?,52?,53?,54?,55-,56-,57-,58-,59+,60+,61?,62?,66-,67-,68+,69+,70-,71-,72+,73-,74-;;;/m1.../s1. The van der Waals surface area contributed by atoms with Crippen LogP contribution in [0.5, 0.6) is 0 Å². The number of rotatable bonds is 33. The van der Waals surface area contributed by atoms with Gasteiger partial charge in [-0.3, -0.25) is 45.9 Å². The van der Waals surface area contributed by atoms with Crippen molar-refractivity contribution >= 4 is 59.8 Å². The molecule has 20 unspecified atom stereocenters. The van der Waals surface area contributed by atoms with Gasteiger partial charge >= 0.3 is 71.2 Å². The Morgan fingerprint density at radius 2 is 0.636 bits per heavy atom. The molecule has 9 aliphatic heterocycles. The Morgan fingerprint density at radius 1 is 0.343 bits per heavy atom. The number of hydrogen-bond donors (Lipinski definition) is 32. The Balaban J connectivity index is 0.00000888. The molecule has 62 nitrogen and oxygen atoms in total. The predicted octanol–water partition coefficient (Wildman–Crippen LogP) is -28.0. The zero-order valence-corrected chi connectivity index (χ0v) is 80.6. The van der Waals surface area contributed by atoms with Gasteiger partial charge in [-0.05, 0) is 18.8 Å². The topological polar surface area (TPSA) is 955 Å². The summed E-state index contributed by atoms with van der Waals surface area (Å²) in [5, 5.41) is 273. The first kappa shape index (κ1) is 122. The SMILES string of the molecule is CC[C@@H]1C(C(=O)[O-])O[C@@H](O[C@@H]2C(NC(C)=O)[C@H](O[C@@H]3C(C(=O)NNC(=O)NCC4O[C@H](O[C@H]5OC(CNC(=O)NNC(=O)C6O[C@@H](O[C@@H]7C(NC(C)=O)[C@H](OC)OC(CO)[C@H]7O)C(O)[C@@H](O)[C@@H]6O[C@@H]6OC(CO)[C@@H](O)[C@H](O[C@@H]7CC([C-]=O)[C@@H](C)[C@H](O)C7O)C6NC(C)=O)[C@@H](O)[C@H](O)C5O)C(O)[C@@H](O)[C@@H]4O)O[C@@H](O[C@@H]4C(NC(C)=O)[C@H](OC)OC(CO)[C@H]4O)C(O)[C@H]3O)OC(CO)[C@H]2O)C(O)[C@H]1O.[Na+].[Na+].[OH-]. The summed E-state index contributed by atoms with van der Waals surface area (Å²) in [4.78, 5) is 132. The number of carboxylic acid groups (broad SMARTS) is 1. The Morgan fingerprint density at radius 3 is 0.950 bits per heavy atom. The third-order valence-electron chi connectivity index (χ3n) is 24.9. The molecule has 10 aliphatic rings. The number of ether oxygens (including phenoxy) is 18. The number of carboxylic acids is 1. The van der Waals surface area contributed by atoms with E-state index in [1.54, 1.807) is 6.29 Å². The maximum Gasteiger partial charge on any atom is 1.00 e. The summed E-state index contributed by atoms with van der Waals surface area (Å²) in [7, 11) is 2.18. The maximum atomic E-state index is 14.7. The second-order valence-electron chi connectivity index (χ2n) is 34.1. The Labute approximate surface area is 838 Å². The first-order valence-corrected chi connectivity index (χ1v) is 43.3. The summed E-state index contributed by atoms with van der Waals surface area (Å²) in [5.74, 6) is -11.9. The zero-order valence-electron chi connectivity index (χ0n) is 76.6. The summed E-state index contributed by atoms with van der Waals surface area (Å²) >= 11 is 0. The van der Waals surface area contributed by atoms with Crippen LogP contribution in [0.1, 0.15) is 54.4 Å². The van der Waals surface area contributed by atoms with Gasteiger partial charge < -0.3 is 250 Å². The van der Waals surface area contributed by atoms with Gasteiger partial charge in [0.1, 0.15) is 201 Å². The number of methoxy groups -OCH3 is 2. The van der Waals surface area contributed by atoms with Crippen LogP contribution < -0.4 is 118 Å². The molecule has 33 N–H and O–H groups in total. The number of nitrogens with one attached hydrogen (secondary N) is 10. The third kappa shape index (κ3) is 28.1. The van der Waals surface area contributed by atoms with Gasteiger partial charge in [-0.2, -0.15) is 0 Å². The predicted molar refractivity (Wildman–Crippen MR) is 426 cm³/mol. The summed E-state index contributed by atoms with van der Waals surface area (Å²) in [5.41, 5.74) is 7.56. The van der Waals surface area contributed by atoms with Gasteiger partial charge in [-0.15, -0.1) is 5.92 Å². The van der Waals surface area contributed by atoms with Crippen molar-refractivity contribution in [3.05, 3.63) is 0 Å². The molecular formula is C76H123N10Na2O52-. The molecule has 64 heteroatoms. The van der Waals surface area contributed by atoms with Crippen LogP contribution in [-0.2, 0) is 124 Å². The average molecular weight is 2050 g/mol. The van der Waals surface area contributed by atoms with Crippen molar-refractivity contribution in [3.8, 4) is 0 Å². The number of aliphatic hydroxyl groups excluding tert-OH is 22. The molecule has 1 saturated carbocycles. The molecule has 1 aliphatic carbocycles. The van der Waals surface area contributed by atoms with Crippen LogP contribution in [0.4, 0.5) is 9.59 Å². The Hall–Kier alpha value is -5.14. The van der Waals surface area contributed by atoms with E-state index in [9.17, 15) is 165 Å². The second kappa shape index (κ2) is 54.2. The van der Waals surface area contributed by atoms with Crippen molar-refractivity contribution in [2.75, 3.05) is 53.7 Å². The molecule has 0 bridgehead atoms. The van der Waals surface area contributed by atoms with E-state index in [-0.39, 0.29) is 77.4 Å². The smallest absolute Gasteiger partial charge is 0.870 e. The van der Waals surface area contributed by atoms with Gasteiger partial charge in [0.25, 0.3) is 11.8 Å². The van der Waals surface area contributed by atoms with Crippen molar-refractivity contribution in [1.82, 2.24) is 53.6 Å². The molecule has 50 atom stereocenters. The molecule has 9 saturated heterocycles. The number of aliphatic carboxylic acids is 1.